The zero-order valence-electron chi connectivity index (χ0n) is 28.4. The van der Waals surface area contributed by atoms with Gasteiger partial charge < -0.3 is 9.47 Å². The van der Waals surface area contributed by atoms with Crippen molar-refractivity contribution in [2.45, 2.75) is 0 Å². The fourth-order valence-electron chi connectivity index (χ4n) is 7.83. The Morgan fingerprint density at radius 3 is 1.98 bits per heavy atom. The van der Waals surface area contributed by atoms with Crippen LogP contribution in [-0.4, -0.2) is 22.7 Å². The molecule has 1 aliphatic heterocycles. The Kier molecular flexibility index (Phi) is 7.22. The molecule has 0 radical (unpaired) electrons. The standard InChI is InChI=1S/C48H33N3S/c1-49-42(31-50-27-11-4-12-28-50)34-19-23-37(24-20-34)51-43-25-21-35(32-13-5-2-6-14-32)29-40(43)45-46-41-30-36(33-15-7-3-8-16-33)22-26-44(41)52-48(46)39-18-10-9-17-38(39)47(45)51/h2-27,29-31H,1,28H2/b42-31-. The van der Waals surface area contributed by atoms with E-state index >= 15 is 0 Å². The highest BCUT2D eigenvalue weighted by atomic mass is 32.1. The minimum atomic E-state index is 0.811. The second-order valence-electron chi connectivity index (χ2n) is 13.3. The summed E-state index contributed by atoms with van der Waals surface area (Å²) in [5.74, 6) is 0. The van der Waals surface area contributed by atoms with Crippen LogP contribution in [0.5, 0.6) is 0 Å². The van der Waals surface area contributed by atoms with Crippen LogP contribution >= 0.6 is 11.3 Å². The highest BCUT2D eigenvalue weighted by Gasteiger charge is 2.23. The van der Waals surface area contributed by atoms with E-state index in [0.29, 0.717) is 0 Å². The van der Waals surface area contributed by atoms with Crippen molar-refractivity contribution in [2.24, 2.45) is 4.99 Å². The maximum absolute atomic E-state index is 4.42. The second kappa shape index (κ2) is 12.4. The monoisotopic (exact) mass is 683 g/mol. The van der Waals surface area contributed by atoms with Gasteiger partial charge >= 0.3 is 0 Å². The van der Waals surface area contributed by atoms with Crippen LogP contribution in [0.15, 0.2) is 181 Å². The molecule has 9 aromatic rings. The average Bonchev–Trinajstić information content (AvgIpc) is 3.77. The molecule has 3 heterocycles. The molecule has 0 saturated carbocycles. The van der Waals surface area contributed by atoms with Crippen LogP contribution < -0.4 is 0 Å². The van der Waals surface area contributed by atoms with Crippen LogP contribution in [0, 0.1) is 0 Å². The third-order valence-corrected chi connectivity index (χ3v) is 11.5. The van der Waals surface area contributed by atoms with Crippen LogP contribution in [0.3, 0.4) is 0 Å². The first-order chi connectivity index (χ1) is 25.7. The van der Waals surface area contributed by atoms with Crippen molar-refractivity contribution in [3.05, 3.63) is 182 Å². The number of hydrogen-bond acceptors (Lipinski definition) is 3. The molecule has 52 heavy (non-hydrogen) atoms. The summed E-state index contributed by atoms with van der Waals surface area (Å²) in [4.78, 5) is 6.54. The van der Waals surface area contributed by atoms with Crippen LogP contribution in [0.25, 0.3) is 86.4 Å². The lowest BCUT2D eigenvalue weighted by Crippen LogP contribution is -2.11. The molecule has 2 aromatic heterocycles. The third kappa shape index (κ3) is 4.91. The van der Waals surface area contributed by atoms with Crippen LogP contribution in [0.2, 0.25) is 0 Å². The van der Waals surface area contributed by atoms with Gasteiger partial charge in [0.2, 0.25) is 0 Å². The van der Waals surface area contributed by atoms with Crippen molar-refractivity contribution in [3.63, 3.8) is 0 Å². The summed E-state index contributed by atoms with van der Waals surface area (Å²) >= 11 is 1.90. The zero-order valence-corrected chi connectivity index (χ0v) is 29.2. The van der Waals surface area contributed by atoms with E-state index in [9.17, 15) is 0 Å². The molecule has 0 spiro atoms. The number of rotatable bonds is 6. The highest BCUT2D eigenvalue weighted by Crippen LogP contribution is 2.49. The summed E-state index contributed by atoms with van der Waals surface area (Å²) in [6.07, 6.45) is 10.3. The Hall–Kier alpha value is -6.49. The minimum absolute atomic E-state index is 0.811. The molecule has 3 nitrogen and oxygen atoms in total. The van der Waals surface area contributed by atoms with Gasteiger partial charge in [0.15, 0.2) is 0 Å². The Balaban J connectivity index is 1.29. The molecule has 4 heteroatoms. The van der Waals surface area contributed by atoms with Gasteiger partial charge in [0.25, 0.3) is 0 Å². The largest absolute Gasteiger partial charge is 0.348 e. The lowest BCUT2D eigenvalue weighted by molar-refractivity contribution is 0.561. The fraction of sp³-hybridized carbons (Fsp3) is 0.0208. The van der Waals surface area contributed by atoms with E-state index in [1.54, 1.807) is 0 Å². The number of aromatic nitrogens is 1. The van der Waals surface area contributed by atoms with Crippen molar-refractivity contribution < 1.29 is 0 Å². The van der Waals surface area contributed by atoms with E-state index < -0.39 is 0 Å². The van der Waals surface area contributed by atoms with Crippen LogP contribution in [-0.2, 0) is 0 Å². The molecule has 1 aliphatic rings. The van der Waals surface area contributed by atoms with E-state index in [2.05, 4.69) is 191 Å². The number of aliphatic imine (C=N–C) groups is 1. The number of hydrogen-bond donors (Lipinski definition) is 0. The van der Waals surface area contributed by atoms with E-state index in [4.69, 9.17) is 0 Å². The smallest absolute Gasteiger partial charge is 0.0856 e. The molecule has 0 N–H and O–H groups in total. The molecule has 0 atom stereocenters. The second-order valence-corrected chi connectivity index (χ2v) is 14.3. The van der Waals surface area contributed by atoms with Crippen molar-refractivity contribution in [2.75, 3.05) is 6.54 Å². The van der Waals surface area contributed by atoms with Gasteiger partial charge in [0.05, 0.1) is 16.7 Å². The first kappa shape index (κ1) is 30.3. The molecule has 10 rings (SSSR count). The summed E-state index contributed by atoms with van der Waals surface area (Å²) in [6, 6.07) is 53.1. The SMILES string of the molecule is C=N/C(=C\N1C=CC=CC1)c1ccc(-n2c3ccc(-c4ccccc4)cc3c3c4c5cc(-c6ccccc6)ccc5sc4c4ccccc4c32)cc1. The Morgan fingerprint density at radius 1 is 0.615 bits per heavy atom. The predicted octanol–water partition coefficient (Wildman–Crippen LogP) is 13.0. The number of benzene rings is 7. The number of nitrogens with zero attached hydrogens (tertiary/aromatic N) is 3. The topological polar surface area (TPSA) is 20.5 Å². The molecule has 0 saturated heterocycles. The molecule has 7 aromatic carbocycles. The van der Waals surface area contributed by atoms with E-state index in [1.165, 1.54) is 75.0 Å². The molecule has 0 fully saturated rings. The first-order valence-corrected chi connectivity index (χ1v) is 18.4. The van der Waals surface area contributed by atoms with Crippen molar-refractivity contribution in [3.8, 4) is 27.9 Å². The van der Waals surface area contributed by atoms with Gasteiger partial charge in [-0.25, -0.2) is 0 Å². The summed E-state index contributed by atoms with van der Waals surface area (Å²) in [6.45, 7) is 4.72. The summed E-state index contributed by atoms with van der Waals surface area (Å²) in [5.41, 5.74) is 10.3. The summed E-state index contributed by atoms with van der Waals surface area (Å²) in [7, 11) is 0. The lowest BCUT2D eigenvalue weighted by atomic mass is 9.96. The average molecular weight is 684 g/mol. The summed E-state index contributed by atoms with van der Waals surface area (Å²) < 4.78 is 5.10. The Bertz CT molecular complexity index is 2930. The van der Waals surface area contributed by atoms with Gasteiger partial charge in [-0.15, -0.1) is 11.3 Å². The molecule has 0 unspecified atom stereocenters. The third-order valence-electron chi connectivity index (χ3n) is 10.3. The Morgan fingerprint density at radius 2 is 1.29 bits per heavy atom. The number of fused-ring (bicyclic) bond motifs is 10. The Labute approximate surface area is 306 Å². The number of thiophene rings is 1. The normalized spacial score (nSPS) is 13.3. The molecular formula is C48H33N3S. The quantitative estimate of drug-likeness (QED) is 0.160. The van der Waals surface area contributed by atoms with Gasteiger partial charge in [-0.3, -0.25) is 4.99 Å². The lowest BCUT2D eigenvalue weighted by Gasteiger charge is -2.17. The maximum atomic E-state index is 4.42. The molecule has 0 amide bonds. The van der Waals surface area contributed by atoms with Crippen molar-refractivity contribution in [1.29, 1.82) is 0 Å². The highest BCUT2D eigenvalue weighted by molar-refractivity contribution is 7.27. The molecule has 0 bridgehead atoms. The zero-order chi connectivity index (χ0) is 34.6. The van der Waals surface area contributed by atoms with Gasteiger partial charge in [0.1, 0.15) is 0 Å². The number of allylic oxidation sites excluding steroid dienone is 2. The van der Waals surface area contributed by atoms with E-state index in [1.807, 2.05) is 17.4 Å². The van der Waals surface area contributed by atoms with E-state index in [-0.39, 0.29) is 0 Å². The van der Waals surface area contributed by atoms with Crippen LogP contribution in [0.4, 0.5) is 0 Å². The molecule has 246 valence electrons. The van der Waals surface area contributed by atoms with Crippen LogP contribution in [0.1, 0.15) is 5.56 Å². The fourth-order valence-corrected chi connectivity index (χ4v) is 9.06. The summed E-state index contributed by atoms with van der Waals surface area (Å²) in [5, 5.41) is 7.69. The van der Waals surface area contributed by atoms with Gasteiger partial charge in [-0.05, 0) is 71.4 Å². The molecule has 0 aliphatic carbocycles. The maximum Gasteiger partial charge on any atom is 0.0856 e. The van der Waals surface area contributed by atoms with E-state index in [0.717, 1.165) is 23.5 Å². The first-order valence-electron chi connectivity index (χ1n) is 17.6. The predicted molar refractivity (Wildman–Crippen MR) is 225 cm³/mol. The van der Waals surface area contributed by atoms with Crippen molar-refractivity contribution in [1.82, 2.24) is 9.47 Å². The van der Waals surface area contributed by atoms with Gasteiger partial charge in [-0.1, -0.05) is 121 Å². The van der Waals surface area contributed by atoms with Gasteiger partial charge in [-0.2, -0.15) is 0 Å². The van der Waals surface area contributed by atoms with Crippen molar-refractivity contribution >= 4 is 76.5 Å². The molecular weight excluding hydrogens is 651 g/mol. The minimum Gasteiger partial charge on any atom is -0.348 e. The van der Waals surface area contributed by atoms with Gasteiger partial charge in [0, 0.05) is 71.9 Å².